The van der Waals surface area contributed by atoms with Crippen molar-refractivity contribution >= 4 is 48.8 Å². The maximum atomic E-state index is 10.4. The molecule has 7 rings (SSSR count). The third-order valence-corrected chi connectivity index (χ3v) is 8.42. The Balaban J connectivity index is 0.000000213. The number of pyridine rings is 2. The second-order valence-electron chi connectivity index (χ2n) is 10.4. The van der Waals surface area contributed by atoms with Crippen LogP contribution in [-0.2, 0) is 10.1 Å². The Kier molecular flexibility index (Phi) is 6.49. The second-order valence-corrected chi connectivity index (χ2v) is 11.8. The molecule has 3 aromatic heterocycles. The average molecular weight is 538 g/mol. The van der Waals surface area contributed by atoms with Crippen molar-refractivity contribution in [2.24, 2.45) is 0 Å². The Bertz CT molecular complexity index is 1940. The zero-order valence-electron chi connectivity index (χ0n) is 22.2. The quantitative estimate of drug-likeness (QED) is 0.195. The number of hydrogen-bond acceptors (Lipinski definition) is 4. The third-order valence-electron chi connectivity index (χ3n) is 7.57. The number of benzene rings is 3. The third kappa shape index (κ3) is 4.95. The van der Waals surface area contributed by atoms with E-state index in [0.717, 1.165) is 5.56 Å². The summed E-state index contributed by atoms with van der Waals surface area (Å²) < 4.78 is 35.9. The fraction of sp³-hybridized carbons (Fsp3) is 0.219. The summed E-state index contributed by atoms with van der Waals surface area (Å²) in [6.45, 7) is 6.34. The topological polar surface area (TPSA) is 69.0 Å². The van der Waals surface area contributed by atoms with E-state index < -0.39 is 10.1 Å². The zero-order valence-corrected chi connectivity index (χ0v) is 23.0. The number of fused-ring (bicyclic) bond motifs is 7. The first-order valence-electron chi connectivity index (χ1n) is 13.3. The van der Waals surface area contributed by atoms with Crippen molar-refractivity contribution in [2.75, 3.05) is 18.0 Å². The van der Waals surface area contributed by atoms with E-state index in [1.54, 1.807) is 12.1 Å². The standard InChI is InChI=1S/C25H24N3.C7H8O3S/c1-18-5-10-24-19(15-18)6-8-22-17-27-23-11-9-21(26-13-3-2-4-14-26)16-20(23)7-12-25(27)28(22)24;1-6-2-4-7(5-3-6)11(8,9)10/h5-12,15-17H,2-4,13-14H2,1H3;2-5H,1H3,(H,8,9,10)/q+1;/p-1. The first-order chi connectivity index (χ1) is 18.8. The van der Waals surface area contributed by atoms with Crippen LogP contribution in [0.4, 0.5) is 5.69 Å². The number of aromatic nitrogens is 2. The lowest BCUT2D eigenvalue weighted by molar-refractivity contribution is -0.479. The highest BCUT2D eigenvalue weighted by Crippen LogP contribution is 2.26. The van der Waals surface area contributed by atoms with Crippen LogP contribution in [0.15, 0.2) is 96.0 Å². The van der Waals surface area contributed by atoms with E-state index in [2.05, 4.69) is 87.5 Å². The maximum absolute atomic E-state index is 10.4. The van der Waals surface area contributed by atoms with Crippen LogP contribution in [0.5, 0.6) is 0 Å². The molecule has 0 amide bonds. The number of aryl methyl sites for hydroxylation is 2. The summed E-state index contributed by atoms with van der Waals surface area (Å²) in [5.74, 6) is 0. The van der Waals surface area contributed by atoms with Gasteiger partial charge in [-0.05, 0) is 93.8 Å². The molecule has 0 saturated carbocycles. The van der Waals surface area contributed by atoms with Gasteiger partial charge in [-0.15, -0.1) is 0 Å². The first-order valence-corrected chi connectivity index (χ1v) is 14.8. The van der Waals surface area contributed by atoms with Crippen LogP contribution >= 0.6 is 0 Å². The smallest absolute Gasteiger partial charge is 0.292 e. The molecule has 7 heteroatoms. The van der Waals surface area contributed by atoms with Crippen LogP contribution in [0.3, 0.4) is 0 Å². The summed E-state index contributed by atoms with van der Waals surface area (Å²) in [6.07, 6.45) is 6.25. The Labute approximate surface area is 228 Å². The van der Waals surface area contributed by atoms with Gasteiger partial charge in [0.25, 0.3) is 5.65 Å². The molecule has 0 atom stereocenters. The molecule has 39 heavy (non-hydrogen) atoms. The fourth-order valence-corrected chi connectivity index (χ4v) is 5.99. The molecule has 6 nitrogen and oxygen atoms in total. The van der Waals surface area contributed by atoms with Gasteiger partial charge in [0, 0.05) is 35.6 Å². The minimum absolute atomic E-state index is 0.178. The van der Waals surface area contributed by atoms with Crippen LogP contribution in [0, 0.1) is 13.8 Å². The van der Waals surface area contributed by atoms with Gasteiger partial charge < -0.3 is 9.45 Å². The average Bonchev–Trinajstić information content (AvgIpc) is 3.33. The van der Waals surface area contributed by atoms with Crippen LogP contribution in [0.1, 0.15) is 30.4 Å². The van der Waals surface area contributed by atoms with Crippen molar-refractivity contribution in [3.63, 3.8) is 0 Å². The van der Waals surface area contributed by atoms with Gasteiger partial charge in [0.05, 0.1) is 4.90 Å². The molecule has 0 bridgehead atoms. The van der Waals surface area contributed by atoms with Gasteiger partial charge in [0.15, 0.2) is 5.52 Å². The summed E-state index contributed by atoms with van der Waals surface area (Å²) in [5.41, 5.74) is 8.55. The molecule has 4 heterocycles. The molecule has 0 unspecified atom stereocenters. The number of hydrogen-bond donors (Lipinski definition) is 0. The molecule has 0 radical (unpaired) electrons. The van der Waals surface area contributed by atoms with Crippen molar-refractivity contribution in [3.8, 4) is 0 Å². The summed E-state index contributed by atoms with van der Waals surface area (Å²) in [4.78, 5) is 2.35. The predicted octanol–water partition coefficient (Wildman–Crippen LogP) is 6.18. The molecule has 0 N–H and O–H groups in total. The van der Waals surface area contributed by atoms with Crippen molar-refractivity contribution in [1.82, 2.24) is 4.40 Å². The zero-order chi connectivity index (χ0) is 27.1. The largest absolute Gasteiger partial charge is 0.744 e. The molecule has 6 aromatic rings. The fourth-order valence-electron chi connectivity index (χ4n) is 5.52. The molecule has 1 aliphatic rings. The number of nitrogens with zero attached hydrogens (tertiary/aromatic N) is 3. The van der Waals surface area contributed by atoms with Gasteiger partial charge in [0.2, 0.25) is 0 Å². The van der Waals surface area contributed by atoms with Crippen LogP contribution < -0.4 is 9.30 Å². The molecule has 0 aliphatic carbocycles. The molecule has 3 aromatic carbocycles. The molecule has 198 valence electrons. The van der Waals surface area contributed by atoms with E-state index in [0.29, 0.717) is 0 Å². The van der Waals surface area contributed by atoms with Crippen molar-refractivity contribution in [2.45, 2.75) is 38.0 Å². The number of imidazole rings is 1. The normalized spacial score (nSPS) is 14.2. The lowest BCUT2D eigenvalue weighted by atomic mass is 10.1. The molecule has 1 aliphatic heterocycles. The van der Waals surface area contributed by atoms with Crippen molar-refractivity contribution in [1.29, 1.82) is 0 Å². The summed E-state index contributed by atoms with van der Waals surface area (Å²) in [5, 5.41) is 2.59. The van der Waals surface area contributed by atoms with Crippen molar-refractivity contribution in [3.05, 3.63) is 102 Å². The first kappa shape index (κ1) is 25.3. The van der Waals surface area contributed by atoms with Crippen LogP contribution in [0.2, 0.25) is 0 Å². The van der Waals surface area contributed by atoms with Crippen LogP contribution in [-0.4, -0.2) is 30.5 Å². The van der Waals surface area contributed by atoms with Gasteiger partial charge >= 0.3 is 0 Å². The molecule has 1 fully saturated rings. The Morgan fingerprint density at radius 2 is 1.46 bits per heavy atom. The van der Waals surface area contributed by atoms with E-state index in [-0.39, 0.29) is 4.90 Å². The molecule has 0 spiro atoms. The molecule has 1 saturated heterocycles. The van der Waals surface area contributed by atoms with Gasteiger partial charge in [-0.2, -0.15) is 8.80 Å². The SMILES string of the molecule is Cc1ccc(S(=O)(=O)[O-])cc1.Cc1ccc2c(ccc3c[n+]4c5ccc(N6CCCCC6)cc5ccc4n32)c1. The van der Waals surface area contributed by atoms with E-state index in [9.17, 15) is 13.0 Å². The minimum Gasteiger partial charge on any atom is -0.744 e. The summed E-state index contributed by atoms with van der Waals surface area (Å²) in [6, 6.07) is 28.4. The minimum atomic E-state index is -4.27. The summed E-state index contributed by atoms with van der Waals surface area (Å²) in [7, 11) is -4.27. The van der Waals surface area contributed by atoms with E-state index in [4.69, 9.17) is 0 Å². The second kappa shape index (κ2) is 9.98. The number of anilines is 1. The number of rotatable bonds is 2. The highest BCUT2D eigenvalue weighted by atomic mass is 32.2. The van der Waals surface area contributed by atoms with Crippen molar-refractivity contribution < 1.29 is 17.4 Å². The van der Waals surface area contributed by atoms with E-state index >= 15 is 0 Å². The highest BCUT2D eigenvalue weighted by molar-refractivity contribution is 7.85. The van der Waals surface area contributed by atoms with E-state index in [1.165, 1.54) is 88.7 Å². The Morgan fingerprint density at radius 1 is 0.744 bits per heavy atom. The van der Waals surface area contributed by atoms with Gasteiger partial charge in [0.1, 0.15) is 27.3 Å². The van der Waals surface area contributed by atoms with E-state index in [1.807, 2.05) is 6.92 Å². The maximum Gasteiger partial charge on any atom is 0.292 e. The summed E-state index contributed by atoms with van der Waals surface area (Å²) >= 11 is 0. The molecular weight excluding hydrogens is 506 g/mol. The lowest BCUT2D eigenvalue weighted by Crippen LogP contribution is -2.29. The van der Waals surface area contributed by atoms with Crippen LogP contribution in [0.25, 0.3) is 33.0 Å². The Morgan fingerprint density at radius 3 is 2.21 bits per heavy atom. The number of piperidine rings is 1. The van der Waals surface area contributed by atoms with Gasteiger partial charge in [-0.25, -0.2) is 8.42 Å². The highest BCUT2D eigenvalue weighted by Gasteiger charge is 2.18. The Hall–Kier alpha value is -3.94. The monoisotopic (exact) mass is 537 g/mol. The van der Waals surface area contributed by atoms with Gasteiger partial charge in [-0.3, -0.25) is 0 Å². The lowest BCUT2D eigenvalue weighted by Gasteiger charge is -2.28. The molecular formula is C32H31N3O3S. The predicted molar refractivity (Wildman–Crippen MR) is 156 cm³/mol. The van der Waals surface area contributed by atoms with Gasteiger partial charge in [-0.1, -0.05) is 29.3 Å².